The molecule has 0 bridgehead atoms. The second-order valence-electron chi connectivity index (χ2n) is 5.00. The Bertz CT molecular complexity index is 394. The maximum Gasteiger partial charge on any atom is 0.126 e. The third kappa shape index (κ3) is 5.93. The molecule has 0 unspecified atom stereocenters. The Kier molecular flexibility index (Phi) is 7.42. The summed E-state index contributed by atoms with van der Waals surface area (Å²) in [7, 11) is 4.17. The minimum absolute atomic E-state index is 0.764. The molecule has 1 aromatic carbocycles. The Balaban J connectivity index is 2.68. The SMILES string of the molecule is CCNCc1cc(Br)cc(C)c1OCCCN(C)C. The van der Waals surface area contributed by atoms with Gasteiger partial charge in [0.25, 0.3) is 0 Å². The van der Waals surface area contributed by atoms with Gasteiger partial charge in [-0.1, -0.05) is 22.9 Å². The van der Waals surface area contributed by atoms with Crippen LogP contribution in [0.15, 0.2) is 16.6 Å². The van der Waals surface area contributed by atoms with Gasteiger partial charge in [-0.2, -0.15) is 0 Å². The first kappa shape index (κ1) is 16.5. The summed E-state index contributed by atoms with van der Waals surface area (Å²) in [5.74, 6) is 1.03. The molecule has 3 nitrogen and oxygen atoms in total. The lowest BCUT2D eigenvalue weighted by Crippen LogP contribution is -2.17. The Morgan fingerprint density at radius 1 is 1.32 bits per heavy atom. The van der Waals surface area contributed by atoms with Gasteiger partial charge < -0.3 is 15.0 Å². The van der Waals surface area contributed by atoms with Crippen molar-refractivity contribution >= 4 is 15.9 Å². The monoisotopic (exact) mass is 328 g/mol. The van der Waals surface area contributed by atoms with Gasteiger partial charge in [-0.15, -0.1) is 0 Å². The third-order valence-electron chi connectivity index (χ3n) is 2.88. The summed E-state index contributed by atoms with van der Waals surface area (Å²) in [5, 5.41) is 3.36. The van der Waals surface area contributed by atoms with Gasteiger partial charge >= 0.3 is 0 Å². The van der Waals surface area contributed by atoms with Crippen molar-refractivity contribution in [3.8, 4) is 5.75 Å². The molecule has 0 aromatic heterocycles. The number of nitrogens with one attached hydrogen (secondary N) is 1. The van der Waals surface area contributed by atoms with Crippen LogP contribution >= 0.6 is 15.9 Å². The molecular weight excluding hydrogens is 304 g/mol. The molecule has 0 radical (unpaired) electrons. The largest absolute Gasteiger partial charge is 0.493 e. The average Bonchev–Trinajstić information content (AvgIpc) is 2.33. The molecule has 1 rings (SSSR count). The fourth-order valence-electron chi connectivity index (χ4n) is 1.95. The molecule has 0 spiro atoms. The highest BCUT2D eigenvalue weighted by Crippen LogP contribution is 2.28. The second kappa shape index (κ2) is 8.56. The summed E-state index contributed by atoms with van der Waals surface area (Å²) in [5.41, 5.74) is 2.41. The Labute approximate surface area is 125 Å². The van der Waals surface area contributed by atoms with E-state index >= 15 is 0 Å². The van der Waals surface area contributed by atoms with Gasteiger partial charge in [-0.25, -0.2) is 0 Å². The van der Waals surface area contributed by atoms with Crippen LogP contribution in [-0.2, 0) is 6.54 Å². The predicted octanol–water partition coefficient (Wildman–Crippen LogP) is 3.20. The predicted molar refractivity (Wildman–Crippen MR) is 84.9 cm³/mol. The number of halogens is 1. The van der Waals surface area contributed by atoms with Crippen LogP contribution in [0.2, 0.25) is 0 Å². The molecule has 1 aromatic rings. The minimum atomic E-state index is 0.764. The van der Waals surface area contributed by atoms with Gasteiger partial charge in [0.05, 0.1) is 6.61 Å². The topological polar surface area (TPSA) is 24.5 Å². The lowest BCUT2D eigenvalue weighted by molar-refractivity contribution is 0.277. The normalized spacial score (nSPS) is 11.1. The summed E-state index contributed by atoms with van der Waals surface area (Å²) < 4.78 is 7.09. The number of benzene rings is 1. The second-order valence-corrected chi connectivity index (χ2v) is 5.91. The Morgan fingerprint density at radius 3 is 2.68 bits per heavy atom. The highest BCUT2D eigenvalue weighted by atomic mass is 79.9. The highest BCUT2D eigenvalue weighted by Gasteiger charge is 2.08. The van der Waals surface area contributed by atoms with Crippen molar-refractivity contribution in [2.45, 2.75) is 26.8 Å². The van der Waals surface area contributed by atoms with Gasteiger partial charge in [-0.3, -0.25) is 0 Å². The van der Waals surface area contributed by atoms with Gasteiger partial charge in [-0.05, 0) is 51.7 Å². The smallest absolute Gasteiger partial charge is 0.126 e. The summed E-state index contributed by atoms with van der Waals surface area (Å²) in [4.78, 5) is 2.18. The van der Waals surface area contributed by atoms with E-state index < -0.39 is 0 Å². The van der Waals surface area contributed by atoms with Crippen LogP contribution in [0.25, 0.3) is 0 Å². The number of ether oxygens (including phenoxy) is 1. The first-order valence-corrected chi connectivity index (χ1v) is 7.61. The van der Waals surface area contributed by atoms with Crippen molar-refractivity contribution < 1.29 is 4.74 Å². The molecule has 19 heavy (non-hydrogen) atoms. The summed E-state index contributed by atoms with van der Waals surface area (Å²) in [6.07, 6.45) is 1.04. The van der Waals surface area contributed by atoms with Gasteiger partial charge in [0, 0.05) is 23.1 Å². The Morgan fingerprint density at radius 2 is 2.05 bits per heavy atom. The number of hydrogen-bond donors (Lipinski definition) is 1. The first-order chi connectivity index (χ1) is 9.04. The zero-order chi connectivity index (χ0) is 14.3. The molecule has 108 valence electrons. The van der Waals surface area contributed by atoms with Crippen LogP contribution in [0.4, 0.5) is 0 Å². The fourth-order valence-corrected chi connectivity index (χ4v) is 2.57. The first-order valence-electron chi connectivity index (χ1n) is 6.81. The van der Waals surface area contributed by atoms with Crippen LogP contribution < -0.4 is 10.1 Å². The standard InChI is InChI=1S/C15H25BrN2O/c1-5-17-11-13-10-14(16)9-12(2)15(13)19-8-6-7-18(3)4/h9-10,17H,5-8,11H2,1-4H3. The van der Waals surface area contributed by atoms with E-state index in [0.717, 1.165) is 42.9 Å². The number of hydrogen-bond acceptors (Lipinski definition) is 3. The van der Waals surface area contributed by atoms with E-state index in [1.165, 1.54) is 11.1 Å². The average molecular weight is 329 g/mol. The molecule has 0 aliphatic carbocycles. The van der Waals surface area contributed by atoms with Crippen LogP contribution in [0.5, 0.6) is 5.75 Å². The van der Waals surface area contributed by atoms with E-state index in [2.05, 4.69) is 66.2 Å². The van der Waals surface area contributed by atoms with Crippen molar-refractivity contribution in [1.29, 1.82) is 0 Å². The summed E-state index contributed by atoms with van der Waals surface area (Å²) in [6.45, 7) is 7.84. The van der Waals surface area contributed by atoms with Crippen LogP contribution in [0.1, 0.15) is 24.5 Å². The van der Waals surface area contributed by atoms with E-state index in [4.69, 9.17) is 4.74 Å². The zero-order valence-electron chi connectivity index (χ0n) is 12.4. The molecule has 0 aliphatic heterocycles. The van der Waals surface area contributed by atoms with Crippen molar-refractivity contribution in [2.75, 3.05) is 33.8 Å². The quantitative estimate of drug-likeness (QED) is 0.741. The van der Waals surface area contributed by atoms with Crippen LogP contribution in [-0.4, -0.2) is 38.7 Å². The molecule has 0 saturated carbocycles. The summed E-state index contributed by atoms with van der Waals surface area (Å²) >= 11 is 3.55. The van der Waals surface area contributed by atoms with Crippen molar-refractivity contribution in [1.82, 2.24) is 10.2 Å². The maximum atomic E-state index is 5.98. The molecular formula is C15H25BrN2O. The van der Waals surface area contributed by atoms with Crippen molar-refractivity contribution in [2.24, 2.45) is 0 Å². The fraction of sp³-hybridized carbons (Fsp3) is 0.600. The highest BCUT2D eigenvalue weighted by molar-refractivity contribution is 9.10. The maximum absolute atomic E-state index is 5.98. The molecule has 0 fully saturated rings. The van der Waals surface area contributed by atoms with Gasteiger partial charge in [0.1, 0.15) is 5.75 Å². The molecule has 0 atom stereocenters. The van der Waals surface area contributed by atoms with Crippen molar-refractivity contribution in [3.05, 3.63) is 27.7 Å². The van der Waals surface area contributed by atoms with Crippen LogP contribution in [0.3, 0.4) is 0 Å². The van der Waals surface area contributed by atoms with E-state index in [1.807, 2.05) is 0 Å². The van der Waals surface area contributed by atoms with Gasteiger partial charge in [0.2, 0.25) is 0 Å². The number of rotatable bonds is 8. The molecule has 0 saturated heterocycles. The lowest BCUT2D eigenvalue weighted by Gasteiger charge is -2.16. The van der Waals surface area contributed by atoms with Crippen molar-refractivity contribution in [3.63, 3.8) is 0 Å². The number of aryl methyl sites for hydroxylation is 1. The van der Waals surface area contributed by atoms with Gasteiger partial charge in [0.15, 0.2) is 0 Å². The molecule has 0 aliphatic rings. The zero-order valence-corrected chi connectivity index (χ0v) is 14.0. The molecule has 4 heteroatoms. The minimum Gasteiger partial charge on any atom is -0.493 e. The van der Waals surface area contributed by atoms with E-state index in [1.54, 1.807) is 0 Å². The van der Waals surface area contributed by atoms with E-state index in [-0.39, 0.29) is 0 Å². The molecule has 0 amide bonds. The van der Waals surface area contributed by atoms with Crippen LogP contribution in [0, 0.1) is 6.92 Å². The third-order valence-corrected chi connectivity index (χ3v) is 3.34. The lowest BCUT2D eigenvalue weighted by atomic mass is 10.1. The molecule has 1 N–H and O–H groups in total. The van der Waals surface area contributed by atoms with E-state index in [0.29, 0.717) is 0 Å². The van der Waals surface area contributed by atoms with E-state index in [9.17, 15) is 0 Å². The Hall–Kier alpha value is -0.580. The summed E-state index contributed by atoms with van der Waals surface area (Å²) in [6, 6.07) is 4.24. The number of nitrogens with zero attached hydrogens (tertiary/aromatic N) is 1. The molecule has 0 heterocycles.